The van der Waals surface area contributed by atoms with E-state index in [1.165, 1.54) is 18.5 Å². The van der Waals surface area contributed by atoms with Crippen LogP contribution >= 0.6 is 23.2 Å². The van der Waals surface area contributed by atoms with Crippen molar-refractivity contribution in [2.24, 2.45) is 0 Å². The van der Waals surface area contributed by atoms with Gasteiger partial charge in [0.25, 0.3) is 10.0 Å². The maximum Gasteiger partial charge on any atom is 0.263 e. The van der Waals surface area contributed by atoms with Gasteiger partial charge in [-0.2, -0.15) is 0 Å². The van der Waals surface area contributed by atoms with Gasteiger partial charge in [0.2, 0.25) is 5.88 Å². The Kier molecular flexibility index (Phi) is 5.81. The second kappa shape index (κ2) is 8.54. The van der Waals surface area contributed by atoms with Crippen molar-refractivity contribution in [3.05, 3.63) is 83.1 Å². The topological polar surface area (TPSA) is 99.0 Å². The summed E-state index contributed by atoms with van der Waals surface area (Å²) in [5.74, 6) is 1.40. The number of halogens is 2. The normalized spacial score (nSPS) is 11.3. The summed E-state index contributed by atoms with van der Waals surface area (Å²) < 4.78 is 35.4. The standard InChI is InChI=1S/C20H15Cl2N5O3S/c1-13-8-18(17(22)9-16(13)21)31(28,29)26-14-2-4-15(5-3-14)30-20-10-19(24-11-25-20)27-7-6-23-12-27/h2-12,26H,1H3. The third-order valence-corrected chi connectivity index (χ3v) is 6.48. The lowest BCUT2D eigenvalue weighted by molar-refractivity contribution is 0.461. The fourth-order valence-corrected chi connectivity index (χ4v) is 4.57. The van der Waals surface area contributed by atoms with Gasteiger partial charge in [0.05, 0.1) is 5.02 Å². The van der Waals surface area contributed by atoms with E-state index in [0.29, 0.717) is 33.7 Å². The lowest BCUT2D eigenvalue weighted by Gasteiger charge is -2.12. The van der Waals surface area contributed by atoms with Crippen LogP contribution in [0, 0.1) is 6.92 Å². The first-order valence-corrected chi connectivity index (χ1v) is 11.1. The highest BCUT2D eigenvalue weighted by Crippen LogP contribution is 2.30. The summed E-state index contributed by atoms with van der Waals surface area (Å²) in [6.45, 7) is 1.70. The zero-order chi connectivity index (χ0) is 22.0. The van der Waals surface area contributed by atoms with Crippen molar-refractivity contribution in [3.8, 4) is 17.4 Å². The molecule has 31 heavy (non-hydrogen) atoms. The van der Waals surface area contributed by atoms with E-state index in [9.17, 15) is 8.42 Å². The Balaban J connectivity index is 1.50. The van der Waals surface area contributed by atoms with Crippen LogP contribution < -0.4 is 9.46 Å². The van der Waals surface area contributed by atoms with E-state index >= 15 is 0 Å². The second-order valence-corrected chi connectivity index (χ2v) is 8.91. The monoisotopic (exact) mass is 475 g/mol. The van der Waals surface area contributed by atoms with Gasteiger partial charge in [0.15, 0.2) is 0 Å². The molecule has 8 nitrogen and oxygen atoms in total. The first-order chi connectivity index (χ1) is 14.8. The summed E-state index contributed by atoms with van der Waals surface area (Å²) in [4.78, 5) is 12.2. The molecule has 2 aromatic carbocycles. The molecule has 11 heteroatoms. The first kappa shape index (κ1) is 21.1. The van der Waals surface area contributed by atoms with E-state index in [1.54, 1.807) is 60.5 Å². The Bertz CT molecular complexity index is 1330. The lowest BCUT2D eigenvalue weighted by Crippen LogP contribution is -2.13. The predicted molar refractivity (Wildman–Crippen MR) is 118 cm³/mol. The van der Waals surface area contributed by atoms with E-state index in [1.807, 2.05) is 0 Å². The van der Waals surface area contributed by atoms with Crippen LogP contribution in [0.3, 0.4) is 0 Å². The Morgan fingerprint density at radius 3 is 2.52 bits per heavy atom. The number of anilines is 1. The van der Waals surface area contributed by atoms with Crippen molar-refractivity contribution < 1.29 is 13.2 Å². The fourth-order valence-electron chi connectivity index (χ4n) is 2.68. The van der Waals surface area contributed by atoms with Crippen LogP contribution in [0.15, 0.2) is 72.4 Å². The minimum absolute atomic E-state index is 0.0421. The summed E-state index contributed by atoms with van der Waals surface area (Å²) in [6.07, 6.45) is 6.38. The van der Waals surface area contributed by atoms with Crippen LogP contribution in [0.5, 0.6) is 11.6 Å². The molecule has 4 aromatic rings. The summed E-state index contributed by atoms with van der Waals surface area (Å²) in [5.41, 5.74) is 0.952. The van der Waals surface area contributed by atoms with Crippen LogP contribution in [0.2, 0.25) is 10.0 Å². The summed E-state index contributed by atoms with van der Waals surface area (Å²) in [7, 11) is -3.90. The van der Waals surface area contributed by atoms with Gasteiger partial charge in [-0.15, -0.1) is 0 Å². The molecule has 0 aliphatic rings. The zero-order valence-corrected chi connectivity index (χ0v) is 18.4. The molecule has 2 heterocycles. The molecule has 0 aliphatic carbocycles. The van der Waals surface area contributed by atoms with Crippen LogP contribution in [0.4, 0.5) is 5.69 Å². The molecular weight excluding hydrogens is 461 g/mol. The van der Waals surface area contributed by atoms with Crippen LogP contribution in [0.1, 0.15) is 5.56 Å². The van der Waals surface area contributed by atoms with Crippen molar-refractivity contribution in [3.63, 3.8) is 0 Å². The number of benzene rings is 2. The van der Waals surface area contributed by atoms with Crippen molar-refractivity contribution in [2.45, 2.75) is 11.8 Å². The molecule has 0 saturated heterocycles. The number of sulfonamides is 1. The van der Waals surface area contributed by atoms with E-state index in [-0.39, 0.29) is 9.92 Å². The molecule has 0 fully saturated rings. The predicted octanol–water partition coefficient (Wildman–Crippen LogP) is 4.87. The highest BCUT2D eigenvalue weighted by Gasteiger charge is 2.19. The average Bonchev–Trinajstić information content (AvgIpc) is 3.27. The van der Waals surface area contributed by atoms with Gasteiger partial charge in [-0.3, -0.25) is 9.29 Å². The molecule has 158 valence electrons. The molecule has 2 aromatic heterocycles. The number of aromatic nitrogens is 4. The molecule has 0 atom stereocenters. The van der Waals surface area contributed by atoms with Crippen LogP contribution in [0.25, 0.3) is 5.82 Å². The SMILES string of the molecule is Cc1cc(S(=O)(=O)Nc2ccc(Oc3cc(-n4ccnc4)ncn3)cc2)c(Cl)cc1Cl. The molecule has 0 radical (unpaired) electrons. The number of rotatable bonds is 6. The van der Waals surface area contributed by atoms with Crippen LogP contribution in [-0.2, 0) is 10.0 Å². The number of ether oxygens (including phenoxy) is 1. The first-order valence-electron chi connectivity index (χ1n) is 8.88. The highest BCUT2D eigenvalue weighted by molar-refractivity contribution is 7.92. The van der Waals surface area contributed by atoms with Crippen molar-refractivity contribution in [1.29, 1.82) is 0 Å². The smallest absolute Gasteiger partial charge is 0.263 e. The fraction of sp³-hybridized carbons (Fsp3) is 0.0500. The minimum Gasteiger partial charge on any atom is -0.439 e. The maximum atomic E-state index is 12.7. The van der Waals surface area contributed by atoms with Gasteiger partial charge in [-0.05, 0) is 48.9 Å². The largest absolute Gasteiger partial charge is 0.439 e. The molecule has 0 spiro atoms. The lowest BCUT2D eigenvalue weighted by atomic mass is 10.2. The molecule has 0 unspecified atom stereocenters. The number of imidazole rings is 1. The quantitative estimate of drug-likeness (QED) is 0.426. The molecular formula is C20H15Cl2N5O3S. The molecule has 4 rings (SSSR count). The molecule has 0 bridgehead atoms. The second-order valence-electron chi connectivity index (χ2n) is 6.45. The molecule has 0 aliphatic heterocycles. The van der Waals surface area contributed by atoms with E-state index in [0.717, 1.165) is 0 Å². The van der Waals surface area contributed by atoms with E-state index in [4.69, 9.17) is 27.9 Å². The molecule has 0 amide bonds. The van der Waals surface area contributed by atoms with Gasteiger partial charge in [-0.1, -0.05) is 23.2 Å². The summed E-state index contributed by atoms with van der Waals surface area (Å²) >= 11 is 12.1. The highest BCUT2D eigenvalue weighted by atomic mass is 35.5. The van der Waals surface area contributed by atoms with Crippen molar-refractivity contribution in [2.75, 3.05) is 4.72 Å². The van der Waals surface area contributed by atoms with Crippen molar-refractivity contribution >= 4 is 38.9 Å². The van der Waals surface area contributed by atoms with Crippen molar-refractivity contribution in [1.82, 2.24) is 19.5 Å². The maximum absolute atomic E-state index is 12.7. The van der Waals surface area contributed by atoms with E-state index < -0.39 is 10.0 Å². The van der Waals surface area contributed by atoms with Gasteiger partial charge >= 0.3 is 0 Å². The van der Waals surface area contributed by atoms with E-state index in [2.05, 4.69) is 19.7 Å². The number of hydrogen-bond donors (Lipinski definition) is 1. The van der Waals surface area contributed by atoms with Gasteiger partial charge < -0.3 is 4.74 Å². The third-order valence-electron chi connectivity index (χ3n) is 4.23. The minimum atomic E-state index is -3.90. The Morgan fingerprint density at radius 2 is 1.81 bits per heavy atom. The number of hydrogen-bond acceptors (Lipinski definition) is 6. The van der Waals surface area contributed by atoms with Gasteiger partial charge in [-0.25, -0.2) is 23.4 Å². The number of nitrogens with one attached hydrogen (secondary N) is 1. The Labute approximate surface area is 188 Å². The third kappa shape index (κ3) is 4.79. The summed E-state index contributed by atoms with van der Waals surface area (Å²) in [5, 5.41) is 0.437. The summed E-state index contributed by atoms with van der Waals surface area (Å²) in [6, 6.07) is 10.9. The van der Waals surface area contributed by atoms with Gasteiger partial charge in [0.1, 0.15) is 29.1 Å². The van der Waals surface area contributed by atoms with Gasteiger partial charge in [0, 0.05) is 29.2 Å². The average molecular weight is 476 g/mol. The van der Waals surface area contributed by atoms with Crippen LogP contribution in [-0.4, -0.2) is 27.9 Å². The molecule has 1 N–H and O–H groups in total. The number of nitrogens with zero attached hydrogens (tertiary/aromatic N) is 4. The molecule has 0 saturated carbocycles. The zero-order valence-electron chi connectivity index (χ0n) is 16.0. The number of aryl methyl sites for hydroxylation is 1. The Morgan fingerprint density at radius 1 is 1.03 bits per heavy atom. The Hall–Kier alpha value is -3.14.